The maximum Gasteiger partial charge on any atom is 0.250 e. The number of hydrogen-bond acceptors (Lipinski definition) is 4. The van der Waals surface area contributed by atoms with E-state index in [0.717, 1.165) is 30.9 Å². The lowest BCUT2D eigenvalue weighted by Gasteiger charge is -2.23. The Morgan fingerprint density at radius 2 is 2.05 bits per heavy atom. The number of rotatable bonds is 4. The van der Waals surface area contributed by atoms with Gasteiger partial charge in [0.15, 0.2) is 0 Å². The van der Waals surface area contributed by atoms with Gasteiger partial charge in [0.25, 0.3) is 5.95 Å². The zero-order chi connectivity index (χ0) is 15.4. The fraction of sp³-hybridized carbons (Fsp3) is 0.353. The van der Waals surface area contributed by atoms with Crippen molar-refractivity contribution >= 4 is 6.08 Å². The molecule has 0 aromatic carbocycles. The molecule has 0 atom stereocenters. The van der Waals surface area contributed by atoms with Crippen LogP contribution in [0.1, 0.15) is 24.6 Å². The summed E-state index contributed by atoms with van der Waals surface area (Å²) in [6.45, 7) is 7.40. The van der Waals surface area contributed by atoms with E-state index in [1.54, 1.807) is 23.1 Å². The van der Waals surface area contributed by atoms with Crippen molar-refractivity contribution in [3.63, 3.8) is 0 Å². The first-order valence-corrected chi connectivity index (χ1v) is 7.60. The van der Waals surface area contributed by atoms with Crippen molar-refractivity contribution < 1.29 is 0 Å². The molecule has 5 heteroatoms. The van der Waals surface area contributed by atoms with Crippen molar-refractivity contribution in [3.8, 4) is 5.95 Å². The van der Waals surface area contributed by atoms with Crippen LogP contribution in [0.4, 0.5) is 0 Å². The van der Waals surface area contributed by atoms with E-state index in [1.165, 1.54) is 12.0 Å². The lowest BCUT2D eigenvalue weighted by atomic mass is 10.1. The van der Waals surface area contributed by atoms with Crippen molar-refractivity contribution in [1.82, 2.24) is 24.6 Å². The van der Waals surface area contributed by atoms with Crippen molar-refractivity contribution in [2.45, 2.75) is 20.3 Å². The quantitative estimate of drug-likeness (QED) is 0.814. The first-order chi connectivity index (χ1) is 10.7. The van der Waals surface area contributed by atoms with Crippen LogP contribution in [0.15, 0.2) is 42.4 Å². The second-order valence-electron chi connectivity index (χ2n) is 5.61. The van der Waals surface area contributed by atoms with Crippen LogP contribution in [0.3, 0.4) is 0 Å². The van der Waals surface area contributed by atoms with Gasteiger partial charge in [0.05, 0.1) is 11.9 Å². The molecule has 0 N–H and O–H groups in total. The molecule has 1 aliphatic rings. The van der Waals surface area contributed by atoms with Gasteiger partial charge in [0, 0.05) is 37.6 Å². The molecule has 0 amide bonds. The molecule has 0 aliphatic carbocycles. The minimum Gasteiger partial charge on any atom is -0.296 e. The Balaban J connectivity index is 1.66. The van der Waals surface area contributed by atoms with Crippen LogP contribution < -0.4 is 0 Å². The highest BCUT2D eigenvalue weighted by Crippen LogP contribution is 2.13. The molecule has 0 saturated carbocycles. The van der Waals surface area contributed by atoms with Gasteiger partial charge in [-0.05, 0) is 26.3 Å². The summed E-state index contributed by atoms with van der Waals surface area (Å²) >= 11 is 0. The van der Waals surface area contributed by atoms with E-state index in [-0.39, 0.29) is 0 Å². The van der Waals surface area contributed by atoms with E-state index in [4.69, 9.17) is 0 Å². The predicted octanol–water partition coefficient (Wildman–Crippen LogP) is 2.64. The van der Waals surface area contributed by atoms with Gasteiger partial charge in [0.2, 0.25) is 0 Å². The molecule has 0 saturated heterocycles. The average molecular weight is 295 g/mol. The van der Waals surface area contributed by atoms with Gasteiger partial charge in [-0.2, -0.15) is 5.10 Å². The van der Waals surface area contributed by atoms with Crippen LogP contribution in [0.5, 0.6) is 0 Å². The van der Waals surface area contributed by atoms with E-state index in [1.807, 2.05) is 13.1 Å². The largest absolute Gasteiger partial charge is 0.296 e. The smallest absolute Gasteiger partial charge is 0.250 e. The van der Waals surface area contributed by atoms with Gasteiger partial charge in [-0.1, -0.05) is 23.8 Å². The maximum atomic E-state index is 4.38. The highest BCUT2D eigenvalue weighted by Gasteiger charge is 2.09. The number of hydrogen-bond donors (Lipinski definition) is 0. The molecule has 0 bridgehead atoms. The van der Waals surface area contributed by atoms with E-state index in [9.17, 15) is 0 Å². The molecular formula is C17H21N5. The molecular weight excluding hydrogens is 274 g/mol. The van der Waals surface area contributed by atoms with Crippen LogP contribution in [0.2, 0.25) is 0 Å². The lowest BCUT2D eigenvalue weighted by Crippen LogP contribution is -2.28. The third-order valence-corrected chi connectivity index (χ3v) is 3.97. The SMILES string of the molecule is CC1=CCN(CC=Cc2cnn(-c3ncccn3)c2C)CC1. The molecule has 0 fully saturated rings. The predicted molar refractivity (Wildman–Crippen MR) is 87.7 cm³/mol. The number of aromatic nitrogens is 4. The first-order valence-electron chi connectivity index (χ1n) is 7.60. The minimum absolute atomic E-state index is 0.608. The summed E-state index contributed by atoms with van der Waals surface area (Å²) in [6, 6.07) is 1.80. The van der Waals surface area contributed by atoms with Gasteiger partial charge < -0.3 is 0 Å². The van der Waals surface area contributed by atoms with Crippen LogP contribution >= 0.6 is 0 Å². The van der Waals surface area contributed by atoms with Crippen LogP contribution in [-0.4, -0.2) is 44.3 Å². The Hall–Kier alpha value is -2.27. The topological polar surface area (TPSA) is 46.8 Å². The zero-order valence-corrected chi connectivity index (χ0v) is 13.1. The molecule has 1 aliphatic heterocycles. The molecule has 0 unspecified atom stereocenters. The molecule has 3 heterocycles. The highest BCUT2D eigenvalue weighted by molar-refractivity contribution is 5.51. The van der Waals surface area contributed by atoms with E-state index < -0.39 is 0 Å². The third kappa shape index (κ3) is 3.31. The summed E-state index contributed by atoms with van der Waals surface area (Å²) in [5.41, 5.74) is 3.66. The molecule has 3 rings (SSSR count). The molecule has 0 spiro atoms. The van der Waals surface area contributed by atoms with Gasteiger partial charge in [-0.3, -0.25) is 4.90 Å². The van der Waals surface area contributed by atoms with Crippen molar-refractivity contribution in [3.05, 3.63) is 53.6 Å². The summed E-state index contributed by atoms with van der Waals surface area (Å²) in [5.74, 6) is 0.608. The summed E-state index contributed by atoms with van der Waals surface area (Å²) < 4.78 is 1.77. The van der Waals surface area contributed by atoms with Crippen LogP contribution in [0.25, 0.3) is 12.0 Å². The Morgan fingerprint density at radius 3 is 2.77 bits per heavy atom. The van der Waals surface area contributed by atoms with E-state index in [0.29, 0.717) is 5.95 Å². The number of nitrogens with zero attached hydrogens (tertiary/aromatic N) is 5. The van der Waals surface area contributed by atoms with Crippen molar-refractivity contribution in [2.24, 2.45) is 0 Å². The van der Waals surface area contributed by atoms with Gasteiger partial charge in [-0.15, -0.1) is 0 Å². The summed E-state index contributed by atoms with van der Waals surface area (Å²) in [5, 5.41) is 4.38. The van der Waals surface area contributed by atoms with E-state index in [2.05, 4.69) is 45.1 Å². The van der Waals surface area contributed by atoms with Gasteiger partial charge >= 0.3 is 0 Å². The standard InChI is InChI=1S/C17H21N5/c1-14-6-11-21(12-7-14)10-3-5-16-13-20-22(15(16)2)17-18-8-4-9-19-17/h3-6,8-9,13H,7,10-12H2,1-2H3. The maximum absolute atomic E-state index is 4.38. The van der Waals surface area contributed by atoms with Crippen LogP contribution in [-0.2, 0) is 0 Å². The average Bonchev–Trinajstić information content (AvgIpc) is 2.91. The molecule has 5 nitrogen and oxygen atoms in total. The van der Waals surface area contributed by atoms with Crippen molar-refractivity contribution in [2.75, 3.05) is 19.6 Å². The molecule has 114 valence electrons. The fourth-order valence-corrected chi connectivity index (χ4v) is 2.50. The van der Waals surface area contributed by atoms with Crippen LogP contribution in [0, 0.1) is 6.92 Å². The zero-order valence-electron chi connectivity index (χ0n) is 13.1. The summed E-state index contributed by atoms with van der Waals surface area (Å²) in [6.07, 6.45) is 13.1. The Morgan fingerprint density at radius 1 is 1.23 bits per heavy atom. The summed E-state index contributed by atoms with van der Waals surface area (Å²) in [4.78, 5) is 10.9. The molecule has 2 aromatic rings. The van der Waals surface area contributed by atoms with Gasteiger partial charge in [0.1, 0.15) is 0 Å². The first kappa shape index (κ1) is 14.7. The highest BCUT2D eigenvalue weighted by atomic mass is 15.3. The normalized spacial score (nSPS) is 16.2. The Bertz CT molecular complexity index is 684. The summed E-state index contributed by atoms with van der Waals surface area (Å²) in [7, 11) is 0. The Kier molecular flexibility index (Phi) is 4.44. The monoisotopic (exact) mass is 295 g/mol. The molecule has 22 heavy (non-hydrogen) atoms. The second kappa shape index (κ2) is 6.66. The Labute approximate surface area is 131 Å². The third-order valence-electron chi connectivity index (χ3n) is 3.97. The van der Waals surface area contributed by atoms with E-state index >= 15 is 0 Å². The molecule has 2 aromatic heterocycles. The van der Waals surface area contributed by atoms with Crippen molar-refractivity contribution in [1.29, 1.82) is 0 Å². The van der Waals surface area contributed by atoms with Gasteiger partial charge in [-0.25, -0.2) is 14.6 Å². The minimum atomic E-state index is 0.608. The molecule has 0 radical (unpaired) electrons. The second-order valence-corrected chi connectivity index (χ2v) is 5.61. The fourth-order valence-electron chi connectivity index (χ4n) is 2.50. The lowest BCUT2D eigenvalue weighted by molar-refractivity contribution is 0.326.